The van der Waals surface area contributed by atoms with Crippen LogP contribution in [-0.2, 0) is 16.6 Å². The lowest BCUT2D eigenvalue weighted by Crippen LogP contribution is -2.39. The molecule has 2 fully saturated rings. The van der Waals surface area contributed by atoms with Crippen molar-refractivity contribution >= 4 is 10.0 Å². The normalized spacial score (nSPS) is 26.9. The van der Waals surface area contributed by atoms with Gasteiger partial charge in [0.2, 0.25) is 0 Å². The predicted octanol–water partition coefficient (Wildman–Crippen LogP) is 1.47. The van der Waals surface area contributed by atoms with Crippen molar-refractivity contribution < 1.29 is 8.42 Å². The van der Waals surface area contributed by atoms with E-state index in [9.17, 15) is 8.42 Å². The summed E-state index contributed by atoms with van der Waals surface area (Å²) in [7, 11) is -3.45. The molecule has 21 heavy (non-hydrogen) atoms. The first kappa shape index (κ1) is 15.0. The Morgan fingerprint density at radius 3 is 3.00 bits per heavy atom. The Bertz CT molecular complexity index is 584. The molecule has 1 aliphatic carbocycles. The van der Waals surface area contributed by atoms with E-state index < -0.39 is 10.0 Å². The number of rotatable bonds is 5. The third-order valence-electron chi connectivity index (χ3n) is 4.77. The zero-order chi connectivity index (χ0) is 14.9. The lowest BCUT2D eigenvalue weighted by atomic mass is 9.86. The molecule has 1 saturated carbocycles. The number of nitrogens with zero attached hydrogens (tertiary/aromatic N) is 2. The summed E-state index contributed by atoms with van der Waals surface area (Å²) in [6.45, 7) is 3.99. The molecule has 7 heteroatoms. The number of sulfonamides is 1. The van der Waals surface area contributed by atoms with Crippen molar-refractivity contribution in [1.82, 2.24) is 19.8 Å². The first-order valence-corrected chi connectivity index (χ1v) is 9.33. The highest BCUT2D eigenvalue weighted by molar-refractivity contribution is 7.89. The fraction of sp³-hybridized carbons (Fsp3) is 0.786. The topological polar surface area (TPSA) is 78.1 Å². The summed E-state index contributed by atoms with van der Waals surface area (Å²) in [5.74, 6) is 0.550. The van der Waals surface area contributed by atoms with Crippen LogP contribution in [0.2, 0.25) is 0 Å². The fourth-order valence-corrected chi connectivity index (χ4v) is 5.53. The maximum absolute atomic E-state index is 13.0. The van der Waals surface area contributed by atoms with Gasteiger partial charge >= 0.3 is 0 Å². The van der Waals surface area contributed by atoms with Crippen LogP contribution in [0.1, 0.15) is 44.6 Å². The van der Waals surface area contributed by atoms with Gasteiger partial charge in [0.1, 0.15) is 0 Å². The second-order valence-electron chi connectivity index (χ2n) is 6.02. The first-order chi connectivity index (χ1) is 10.1. The van der Waals surface area contributed by atoms with E-state index in [1.807, 2.05) is 6.92 Å². The average molecular weight is 312 g/mol. The maximum Gasteiger partial charge on any atom is 0.260 e. The Kier molecular flexibility index (Phi) is 4.33. The summed E-state index contributed by atoms with van der Waals surface area (Å²) in [5.41, 5.74) is 0.733. The van der Waals surface area contributed by atoms with Crippen LogP contribution in [0.5, 0.6) is 0 Å². The first-order valence-electron chi connectivity index (χ1n) is 7.89. The molecule has 118 valence electrons. The van der Waals surface area contributed by atoms with Crippen LogP contribution < -0.4 is 5.32 Å². The lowest BCUT2D eigenvalue weighted by Gasteiger charge is -2.30. The second kappa shape index (κ2) is 6.06. The quantitative estimate of drug-likeness (QED) is 0.863. The molecule has 1 aliphatic heterocycles. The number of fused-ring (bicyclic) bond motifs is 1. The van der Waals surface area contributed by atoms with Gasteiger partial charge in [0.05, 0.1) is 6.20 Å². The van der Waals surface area contributed by atoms with Crippen LogP contribution in [0.4, 0.5) is 0 Å². The van der Waals surface area contributed by atoms with Gasteiger partial charge in [-0.05, 0) is 31.7 Å². The minimum atomic E-state index is -3.45. The van der Waals surface area contributed by atoms with Gasteiger partial charge < -0.3 is 5.32 Å². The Hall–Kier alpha value is -0.920. The Labute approximate surface area is 126 Å². The summed E-state index contributed by atoms with van der Waals surface area (Å²) in [6, 6.07) is 0.194. The SMILES string of the molecule is CCNCc1cn[nH]c1S(=O)(=O)N1CCC2CCCCC21. The van der Waals surface area contributed by atoms with Crippen molar-refractivity contribution in [2.24, 2.45) is 5.92 Å². The van der Waals surface area contributed by atoms with Gasteiger partial charge in [0.25, 0.3) is 10.0 Å². The van der Waals surface area contributed by atoms with E-state index in [2.05, 4.69) is 15.5 Å². The van der Waals surface area contributed by atoms with Gasteiger partial charge in [-0.1, -0.05) is 19.8 Å². The summed E-state index contributed by atoms with van der Waals surface area (Å²) >= 11 is 0. The van der Waals surface area contributed by atoms with E-state index in [-0.39, 0.29) is 11.1 Å². The molecular weight excluding hydrogens is 288 g/mol. The zero-order valence-electron chi connectivity index (χ0n) is 12.5. The average Bonchev–Trinajstić information content (AvgIpc) is 3.12. The van der Waals surface area contributed by atoms with Gasteiger partial charge in [0, 0.05) is 24.7 Å². The Morgan fingerprint density at radius 2 is 2.19 bits per heavy atom. The number of aromatic nitrogens is 2. The molecule has 0 spiro atoms. The van der Waals surface area contributed by atoms with Gasteiger partial charge in [0.15, 0.2) is 5.03 Å². The van der Waals surface area contributed by atoms with E-state index in [4.69, 9.17) is 0 Å². The number of hydrogen-bond donors (Lipinski definition) is 2. The summed E-state index contributed by atoms with van der Waals surface area (Å²) in [5, 5.41) is 10.1. The molecule has 1 aromatic rings. The molecule has 0 amide bonds. The number of nitrogens with one attached hydrogen (secondary N) is 2. The largest absolute Gasteiger partial charge is 0.313 e. The van der Waals surface area contributed by atoms with E-state index in [0.717, 1.165) is 31.4 Å². The molecule has 3 rings (SSSR count). The van der Waals surface area contributed by atoms with Crippen LogP contribution in [-0.4, -0.2) is 42.1 Å². The molecule has 2 N–H and O–H groups in total. The van der Waals surface area contributed by atoms with Crippen molar-refractivity contribution in [2.75, 3.05) is 13.1 Å². The highest BCUT2D eigenvalue weighted by Gasteiger charge is 2.43. The minimum Gasteiger partial charge on any atom is -0.313 e. The lowest BCUT2D eigenvalue weighted by molar-refractivity contribution is 0.260. The molecule has 0 bridgehead atoms. The molecule has 2 unspecified atom stereocenters. The monoisotopic (exact) mass is 312 g/mol. The van der Waals surface area contributed by atoms with Crippen LogP contribution in [0.15, 0.2) is 11.2 Å². The van der Waals surface area contributed by atoms with Gasteiger partial charge in [-0.15, -0.1) is 0 Å². The smallest absolute Gasteiger partial charge is 0.260 e. The summed E-state index contributed by atoms with van der Waals surface area (Å²) < 4.78 is 27.6. The van der Waals surface area contributed by atoms with Crippen LogP contribution in [0.25, 0.3) is 0 Å². The van der Waals surface area contributed by atoms with Crippen molar-refractivity contribution in [3.05, 3.63) is 11.8 Å². The Balaban J connectivity index is 1.85. The molecule has 0 aromatic carbocycles. The molecular formula is C14H24N4O2S. The molecule has 2 aliphatic rings. The molecule has 2 heterocycles. The fourth-order valence-electron chi connectivity index (χ4n) is 3.69. The predicted molar refractivity (Wildman–Crippen MR) is 80.2 cm³/mol. The summed E-state index contributed by atoms with van der Waals surface area (Å²) in [6.07, 6.45) is 7.17. The number of hydrogen-bond acceptors (Lipinski definition) is 4. The van der Waals surface area contributed by atoms with Crippen LogP contribution in [0, 0.1) is 5.92 Å². The van der Waals surface area contributed by atoms with E-state index in [1.54, 1.807) is 10.5 Å². The van der Waals surface area contributed by atoms with E-state index in [1.165, 1.54) is 12.8 Å². The molecule has 2 atom stereocenters. The van der Waals surface area contributed by atoms with Gasteiger partial charge in [-0.3, -0.25) is 5.10 Å². The Morgan fingerprint density at radius 1 is 1.38 bits per heavy atom. The second-order valence-corrected chi connectivity index (χ2v) is 7.85. The van der Waals surface area contributed by atoms with Crippen molar-refractivity contribution in [3.8, 4) is 0 Å². The number of H-pyrrole nitrogens is 1. The van der Waals surface area contributed by atoms with Gasteiger partial charge in [-0.25, -0.2) is 8.42 Å². The third-order valence-corrected chi connectivity index (χ3v) is 6.71. The van der Waals surface area contributed by atoms with Crippen molar-refractivity contribution in [1.29, 1.82) is 0 Å². The molecule has 1 saturated heterocycles. The van der Waals surface area contributed by atoms with Crippen molar-refractivity contribution in [3.63, 3.8) is 0 Å². The molecule has 6 nitrogen and oxygen atoms in total. The van der Waals surface area contributed by atoms with E-state index in [0.29, 0.717) is 19.0 Å². The van der Waals surface area contributed by atoms with Crippen LogP contribution >= 0.6 is 0 Å². The van der Waals surface area contributed by atoms with Gasteiger partial charge in [-0.2, -0.15) is 9.40 Å². The molecule has 1 aromatic heterocycles. The highest BCUT2D eigenvalue weighted by Crippen LogP contribution is 2.39. The van der Waals surface area contributed by atoms with Crippen molar-refractivity contribution in [2.45, 2.75) is 56.6 Å². The minimum absolute atomic E-state index is 0.194. The van der Waals surface area contributed by atoms with E-state index >= 15 is 0 Å². The maximum atomic E-state index is 13.0. The van der Waals surface area contributed by atoms with Crippen LogP contribution in [0.3, 0.4) is 0 Å². The standard InChI is InChI=1S/C14H24N4O2S/c1-2-15-9-12-10-16-17-14(12)21(19,20)18-8-7-11-5-3-4-6-13(11)18/h10-11,13,15H,2-9H2,1H3,(H,16,17). The third kappa shape index (κ3) is 2.74. The summed E-state index contributed by atoms with van der Waals surface area (Å²) in [4.78, 5) is 0. The molecule has 0 radical (unpaired) electrons. The number of aromatic amines is 1. The highest BCUT2D eigenvalue weighted by atomic mass is 32.2. The zero-order valence-corrected chi connectivity index (χ0v) is 13.3.